The summed E-state index contributed by atoms with van der Waals surface area (Å²) in [6.07, 6.45) is 6.53. The van der Waals surface area contributed by atoms with Crippen molar-refractivity contribution in [3.05, 3.63) is 21.9 Å². The first-order chi connectivity index (χ1) is 11.1. The van der Waals surface area contributed by atoms with Crippen LogP contribution in [-0.2, 0) is 13.0 Å². The van der Waals surface area contributed by atoms with Gasteiger partial charge in [-0.2, -0.15) is 0 Å². The molecule has 2 aliphatic rings. The van der Waals surface area contributed by atoms with E-state index in [4.69, 9.17) is 0 Å². The van der Waals surface area contributed by atoms with Crippen molar-refractivity contribution >= 4 is 11.3 Å². The monoisotopic (exact) mass is 335 g/mol. The standard InChI is InChI=1S/C19H33N3S/c1-4-5-6-17-7-8-18(23-17)15-22-14-13-21(3)19(16-22)9-11-20(2)12-10-19/h7-8H,4-6,9-16H2,1-3H3. The van der Waals surface area contributed by atoms with Gasteiger partial charge in [-0.1, -0.05) is 13.3 Å². The van der Waals surface area contributed by atoms with Crippen LogP contribution in [0.25, 0.3) is 0 Å². The maximum absolute atomic E-state index is 2.71. The van der Waals surface area contributed by atoms with Crippen LogP contribution >= 0.6 is 11.3 Å². The third kappa shape index (κ3) is 4.16. The lowest BCUT2D eigenvalue weighted by Crippen LogP contribution is -2.63. The van der Waals surface area contributed by atoms with E-state index in [0.29, 0.717) is 5.54 Å². The summed E-state index contributed by atoms with van der Waals surface area (Å²) in [7, 11) is 4.60. The van der Waals surface area contributed by atoms with E-state index in [0.717, 1.165) is 6.54 Å². The van der Waals surface area contributed by atoms with Crippen LogP contribution in [0.4, 0.5) is 0 Å². The molecule has 0 unspecified atom stereocenters. The van der Waals surface area contributed by atoms with Gasteiger partial charge in [0.15, 0.2) is 0 Å². The molecule has 0 aromatic carbocycles. The van der Waals surface area contributed by atoms with Crippen LogP contribution in [0.5, 0.6) is 0 Å². The van der Waals surface area contributed by atoms with Crippen molar-refractivity contribution in [2.45, 2.75) is 51.1 Å². The van der Waals surface area contributed by atoms with E-state index in [9.17, 15) is 0 Å². The van der Waals surface area contributed by atoms with Gasteiger partial charge < -0.3 is 4.90 Å². The Bertz CT molecular complexity index is 491. The van der Waals surface area contributed by atoms with Crippen molar-refractivity contribution in [3.63, 3.8) is 0 Å². The summed E-state index contributed by atoms with van der Waals surface area (Å²) >= 11 is 2.04. The first kappa shape index (κ1) is 17.4. The molecular formula is C19H33N3S. The van der Waals surface area contributed by atoms with E-state index in [1.165, 1.54) is 64.8 Å². The quantitative estimate of drug-likeness (QED) is 0.817. The Kier molecular flexibility index (Phi) is 5.78. The molecule has 130 valence electrons. The molecular weight excluding hydrogens is 302 g/mol. The number of unbranched alkanes of at least 4 members (excludes halogenated alkanes) is 1. The van der Waals surface area contributed by atoms with Gasteiger partial charge in [-0.05, 0) is 65.0 Å². The molecule has 0 radical (unpaired) electrons. The maximum Gasteiger partial charge on any atom is 0.0358 e. The van der Waals surface area contributed by atoms with Gasteiger partial charge in [0.05, 0.1) is 0 Å². The Morgan fingerprint density at radius 1 is 1.04 bits per heavy atom. The Morgan fingerprint density at radius 3 is 2.52 bits per heavy atom. The van der Waals surface area contributed by atoms with Gasteiger partial charge in [-0.15, -0.1) is 11.3 Å². The molecule has 0 aliphatic carbocycles. The second-order valence-electron chi connectivity index (χ2n) is 7.63. The van der Waals surface area contributed by atoms with E-state index in [1.807, 2.05) is 11.3 Å². The maximum atomic E-state index is 2.71. The summed E-state index contributed by atoms with van der Waals surface area (Å²) in [5.41, 5.74) is 0.424. The number of aryl methyl sites for hydroxylation is 1. The van der Waals surface area contributed by atoms with Crippen molar-refractivity contribution in [1.29, 1.82) is 0 Å². The zero-order chi connectivity index (χ0) is 16.3. The van der Waals surface area contributed by atoms with Crippen LogP contribution in [0.15, 0.2) is 12.1 Å². The number of hydrogen-bond acceptors (Lipinski definition) is 4. The van der Waals surface area contributed by atoms with Crippen molar-refractivity contribution in [3.8, 4) is 0 Å². The first-order valence-corrected chi connectivity index (χ1v) is 10.1. The molecule has 0 N–H and O–H groups in total. The lowest BCUT2D eigenvalue weighted by molar-refractivity contribution is -0.0254. The van der Waals surface area contributed by atoms with Crippen molar-refractivity contribution in [1.82, 2.24) is 14.7 Å². The average Bonchev–Trinajstić information content (AvgIpc) is 2.99. The fourth-order valence-electron chi connectivity index (χ4n) is 4.07. The van der Waals surface area contributed by atoms with E-state index in [-0.39, 0.29) is 0 Å². The first-order valence-electron chi connectivity index (χ1n) is 9.31. The highest BCUT2D eigenvalue weighted by molar-refractivity contribution is 7.11. The molecule has 1 aromatic rings. The Labute approximate surface area is 146 Å². The summed E-state index contributed by atoms with van der Waals surface area (Å²) in [4.78, 5) is 11.0. The van der Waals surface area contributed by atoms with E-state index < -0.39 is 0 Å². The van der Waals surface area contributed by atoms with Gasteiger partial charge in [0.1, 0.15) is 0 Å². The normalized spacial score (nSPS) is 23.6. The third-order valence-corrected chi connectivity index (χ3v) is 7.00. The lowest BCUT2D eigenvalue weighted by Gasteiger charge is -2.52. The molecule has 4 heteroatoms. The fraction of sp³-hybridized carbons (Fsp3) is 0.789. The van der Waals surface area contributed by atoms with Gasteiger partial charge in [0.2, 0.25) is 0 Å². The number of thiophene rings is 1. The Hall–Kier alpha value is -0.420. The molecule has 23 heavy (non-hydrogen) atoms. The van der Waals surface area contributed by atoms with E-state index >= 15 is 0 Å². The van der Waals surface area contributed by atoms with Crippen LogP contribution in [-0.4, -0.2) is 67.1 Å². The summed E-state index contributed by atoms with van der Waals surface area (Å²) in [6.45, 7) is 9.62. The second kappa shape index (κ2) is 7.64. The highest BCUT2D eigenvalue weighted by Gasteiger charge is 2.41. The zero-order valence-electron chi connectivity index (χ0n) is 15.2. The van der Waals surface area contributed by atoms with Gasteiger partial charge >= 0.3 is 0 Å². The molecule has 1 aromatic heterocycles. The van der Waals surface area contributed by atoms with Crippen molar-refractivity contribution in [2.75, 3.05) is 46.8 Å². The summed E-state index contributed by atoms with van der Waals surface area (Å²) in [5, 5.41) is 0. The minimum atomic E-state index is 0.424. The van der Waals surface area contributed by atoms with E-state index in [1.54, 1.807) is 9.75 Å². The van der Waals surface area contributed by atoms with Gasteiger partial charge in [0.25, 0.3) is 0 Å². The molecule has 0 amide bonds. The largest absolute Gasteiger partial charge is 0.306 e. The topological polar surface area (TPSA) is 9.72 Å². The lowest BCUT2D eigenvalue weighted by atomic mass is 9.84. The number of hydrogen-bond donors (Lipinski definition) is 0. The number of nitrogens with zero attached hydrogens (tertiary/aromatic N) is 3. The molecule has 3 nitrogen and oxygen atoms in total. The number of piperidine rings is 1. The molecule has 3 heterocycles. The van der Waals surface area contributed by atoms with Crippen molar-refractivity contribution < 1.29 is 0 Å². The van der Waals surface area contributed by atoms with Gasteiger partial charge in [-0.3, -0.25) is 9.80 Å². The Morgan fingerprint density at radius 2 is 1.78 bits per heavy atom. The second-order valence-corrected chi connectivity index (χ2v) is 8.88. The highest BCUT2D eigenvalue weighted by atomic mass is 32.1. The zero-order valence-corrected chi connectivity index (χ0v) is 16.0. The van der Waals surface area contributed by atoms with Crippen LogP contribution in [0.2, 0.25) is 0 Å². The molecule has 0 saturated carbocycles. The number of piperazine rings is 1. The summed E-state index contributed by atoms with van der Waals surface area (Å²) < 4.78 is 0. The third-order valence-electron chi connectivity index (χ3n) is 5.87. The number of likely N-dealkylation sites (N-methyl/N-ethyl adjacent to an activating group) is 1. The van der Waals surface area contributed by atoms with E-state index in [2.05, 4.69) is 47.9 Å². The molecule has 2 fully saturated rings. The number of likely N-dealkylation sites (tertiary alicyclic amines) is 1. The smallest absolute Gasteiger partial charge is 0.0358 e. The van der Waals surface area contributed by atoms with Crippen LogP contribution < -0.4 is 0 Å². The van der Waals surface area contributed by atoms with Crippen LogP contribution in [0.1, 0.15) is 42.4 Å². The van der Waals surface area contributed by atoms with Crippen LogP contribution in [0, 0.1) is 0 Å². The minimum absolute atomic E-state index is 0.424. The Balaban J connectivity index is 1.59. The van der Waals surface area contributed by atoms with Gasteiger partial charge in [0, 0.05) is 41.5 Å². The molecule has 0 bridgehead atoms. The van der Waals surface area contributed by atoms with Crippen LogP contribution in [0.3, 0.4) is 0 Å². The predicted octanol–water partition coefficient (Wildman–Crippen LogP) is 3.30. The average molecular weight is 336 g/mol. The fourth-order valence-corrected chi connectivity index (χ4v) is 5.17. The highest BCUT2D eigenvalue weighted by Crippen LogP contribution is 2.32. The summed E-state index contributed by atoms with van der Waals surface area (Å²) in [6, 6.07) is 4.73. The predicted molar refractivity (Wildman–Crippen MR) is 100 cm³/mol. The SMILES string of the molecule is CCCCc1ccc(CN2CCN(C)C3(CCN(C)CC3)C2)s1. The molecule has 2 aliphatic heterocycles. The minimum Gasteiger partial charge on any atom is -0.306 e. The number of rotatable bonds is 5. The van der Waals surface area contributed by atoms with Gasteiger partial charge in [-0.25, -0.2) is 0 Å². The van der Waals surface area contributed by atoms with Crippen molar-refractivity contribution in [2.24, 2.45) is 0 Å². The molecule has 0 atom stereocenters. The molecule has 1 spiro atoms. The molecule has 3 rings (SSSR count). The summed E-state index contributed by atoms with van der Waals surface area (Å²) in [5.74, 6) is 0. The molecule has 2 saturated heterocycles.